The minimum Gasteiger partial charge on any atom is -0.398 e. The second-order valence-corrected chi connectivity index (χ2v) is 4.87. The third-order valence-electron chi connectivity index (χ3n) is 4.09. The van der Waals surface area contributed by atoms with E-state index in [0.717, 1.165) is 30.8 Å². The number of nitrogens with zero attached hydrogens (tertiary/aromatic N) is 2. The van der Waals surface area contributed by atoms with Crippen LogP contribution in [0.2, 0.25) is 0 Å². The maximum absolute atomic E-state index is 6.48. The van der Waals surface area contributed by atoms with Crippen LogP contribution in [0.25, 0.3) is 0 Å². The van der Waals surface area contributed by atoms with Crippen LogP contribution in [0.5, 0.6) is 0 Å². The van der Waals surface area contributed by atoms with Gasteiger partial charge in [-0.25, -0.2) is 0 Å². The van der Waals surface area contributed by atoms with Gasteiger partial charge >= 0.3 is 0 Å². The van der Waals surface area contributed by atoms with Gasteiger partial charge in [-0.1, -0.05) is 20.8 Å². The van der Waals surface area contributed by atoms with Gasteiger partial charge in [0.1, 0.15) is 0 Å². The maximum atomic E-state index is 6.48. The lowest BCUT2D eigenvalue weighted by Crippen LogP contribution is -2.53. The summed E-state index contributed by atoms with van der Waals surface area (Å²) in [4.78, 5) is 6.54. The molecule has 0 radical (unpaired) electrons. The van der Waals surface area contributed by atoms with E-state index >= 15 is 0 Å². The van der Waals surface area contributed by atoms with Crippen LogP contribution in [-0.2, 0) is 0 Å². The van der Waals surface area contributed by atoms with Crippen molar-refractivity contribution in [1.29, 1.82) is 0 Å². The van der Waals surface area contributed by atoms with E-state index in [1.807, 2.05) is 6.07 Å². The van der Waals surface area contributed by atoms with E-state index in [0.29, 0.717) is 0 Å². The Morgan fingerprint density at radius 1 is 1.33 bits per heavy atom. The van der Waals surface area contributed by atoms with E-state index in [1.54, 1.807) is 12.4 Å². The lowest BCUT2D eigenvalue weighted by atomic mass is 9.83. The van der Waals surface area contributed by atoms with E-state index in [4.69, 9.17) is 11.5 Å². The Hall–Kier alpha value is -1.13. The highest BCUT2D eigenvalue weighted by Crippen LogP contribution is 2.34. The Kier molecular flexibility index (Phi) is 5.11. The van der Waals surface area contributed by atoms with E-state index < -0.39 is 0 Å². The SMILES string of the molecule is CCN(CC)C(C)(CC)C(N)c1cnccc1N. The first-order valence-electron chi connectivity index (χ1n) is 6.71. The number of likely N-dealkylation sites (N-methyl/N-ethyl adjacent to an activating group) is 1. The number of anilines is 1. The molecule has 0 aliphatic rings. The van der Waals surface area contributed by atoms with Gasteiger partial charge in [0, 0.05) is 29.2 Å². The van der Waals surface area contributed by atoms with Crippen molar-refractivity contribution in [2.75, 3.05) is 18.8 Å². The molecule has 4 N–H and O–H groups in total. The molecular weight excluding hydrogens is 224 g/mol. The van der Waals surface area contributed by atoms with Crippen LogP contribution in [0, 0.1) is 0 Å². The smallest absolute Gasteiger partial charge is 0.0515 e. The van der Waals surface area contributed by atoms with Crippen molar-refractivity contribution in [3.8, 4) is 0 Å². The first kappa shape index (κ1) is 14.9. The molecule has 0 aromatic carbocycles. The summed E-state index contributed by atoms with van der Waals surface area (Å²) in [7, 11) is 0. The van der Waals surface area contributed by atoms with Gasteiger partial charge in [0.2, 0.25) is 0 Å². The quantitative estimate of drug-likeness (QED) is 0.812. The zero-order valence-corrected chi connectivity index (χ0v) is 12.0. The molecule has 0 amide bonds. The molecule has 1 rings (SSSR count). The normalized spacial score (nSPS) is 16.6. The fourth-order valence-corrected chi connectivity index (χ4v) is 2.60. The van der Waals surface area contributed by atoms with Gasteiger partial charge in [-0.2, -0.15) is 0 Å². The van der Waals surface area contributed by atoms with Gasteiger partial charge in [-0.05, 0) is 32.5 Å². The van der Waals surface area contributed by atoms with Crippen molar-refractivity contribution in [1.82, 2.24) is 9.88 Å². The molecule has 0 saturated carbocycles. The number of rotatable bonds is 6. The molecule has 18 heavy (non-hydrogen) atoms. The number of pyridine rings is 1. The minimum atomic E-state index is -0.129. The van der Waals surface area contributed by atoms with E-state index in [-0.39, 0.29) is 11.6 Å². The average molecular weight is 250 g/mol. The summed E-state index contributed by atoms with van der Waals surface area (Å²) in [6, 6.07) is 1.68. The number of nitrogens with two attached hydrogens (primary N) is 2. The fourth-order valence-electron chi connectivity index (χ4n) is 2.60. The number of hydrogen-bond donors (Lipinski definition) is 2. The molecule has 2 unspecified atom stereocenters. The highest BCUT2D eigenvalue weighted by atomic mass is 15.2. The van der Waals surface area contributed by atoms with Gasteiger partial charge < -0.3 is 11.5 Å². The maximum Gasteiger partial charge on any atom is 0.0515 e. The van der Waals surface area contributed by atoms with Crippen molar-refractivity contribution in [2.45, 2.75) is 45.7 Å². The Morgan fingerprint density at radius 2 is 1.94 bits per heavy atom. The van der Waals surface area contributed by atoms with Crippen molar-refractivity contribution >= 4 is 5.69 Å². The molecule has 2 atom stereocenters. The Bertz CT molecular complexity index is 376. The number of aromatic nitrogens is 1. The topological polar surface area (TPSA) is 68.2 Å². The molecule has 0 aliphatic carbocycles. The highest BCUT2D eigenvalue weighted by Gasteiger charge is 2.36. The van der Waals surface area contributed by atoms with Crippen LogP contribution < -0.4 is 11.5 Å². The molecular formula is C14H26N4. The standard InChI is InChI=1S/C14H26N4/c1-5-14(4,18(6-2)7-3)13(16)11-10-17-9-8-12(11)15/h8-10,13H,5-7,16H2,1-4H3,(H2,15,17). The molecule has 0 bridgehead atoms. The van der Waals surface area contributed by atoms with E-state index in [9.17, 15) is 0 Å². The Balaban J connectivity index is 3.12. The number of hydrogen-bond acceptors (Lipinski definition) is 4. The van der Waals surface area contributed by atoms with Gasteiger partial charge in [-0.15, -0.1) is 0 Å². The second-order valence-electron chi connectivity index (χ2n) is 4.87. The summed E-state index contributed by atoms with van der Waals surface area (Å²) in [5.74, 6) is 0. The van der Waals surface area contributed by atoms with E-state index in [1.165, 1.54) is 0 Å². The second kappa shape index (κ2) is 6.16. The van der Waals surface area contributed by atoms with Crippen molar-refractivity contribution < 1.29 is 0 Å². The van der Waals surface area contributed by atoms with Crippen LogP contribution in [0.4, 0.5) is 5.69 Å². The van der Waals surface area contributed by atoms with Gasteiger partial charge in [-0.3, -0.25) is 9.88 Å². The summed E-state index contributed by atoms with van der Waals surface area (Å²) in [5, 5.41) is 0. The zero-order valence-electron chi connectivity index (χ0n) is 12.0. The molecule has 0 aliphatic heterocycles. The van der Waals surface area contributed by atoms with Gasteiger partial charge in [0.05, 0.1) is 6.04 Å². The molecule has 4 nitrogen and oxygen atoms in total. The van der Waals surface area contributed by atoms with E-state index in [2.05, 4.69) is 37.6 Å². The molecule has 0 spiro atoms. The van der Waals surface area contributed by atoms with Crippen molar-refractivity contribution in [3.63, 3.8) is 0 Å². The van der Waals surface area contributed by atoms with Crippen LogP contribution in [0.1, 0.15) is 45.7 Å². The summed E-state index contributed by atoms with van der Waals surface area (Å²) >= 11 is 0. The summed E-state index contributed by atoms with van der Waals surface area (Å²) < 4.78 is 0. The third kappa shape index (κ3) is 2.65. The third-order valence-corrected chi connectivity index (χ3v) is 4.09. The van der Waals surface area contributed by atoms with Crippen LogP contribution in [-0.4, -0.2) is 28.5 Å². The Morgan fingerprint density at radius 3 is 2.39 bits per heavy atom. The summed E-state index contributed by atoms with van der Waals surface area (Å²) in [5.41, 5.74) is 14.1. The Labute approximate surface area is 110 Å². The summed E-state index contributed by atoms with van der Waals surface area (Å²) in [6.45, 7) is 10.7. The molecule has 4 heteroatoms. The average Bonchev–Trinajstić information content (AvgIpc) is 2.39. The minimum absolute atomic E-state index is 0.0966. The predicted octanol–water partition coefficient (Wildman–Crippen LogP) is 2.17. The summed E-state index contributed by atoms with van der Waals surface area (Å²) in [6.07, 6.45) is 4.47. The fraction of sp³-hybridized carbons (Fsp3) is 0.643. The largest absolute Gasteiger partial charge is 0.398 e. The molecule has 0 saturated heterocycles. The lowest BCUT2D eigenvalue weighted by molar-refractivity contribution is 0.0845. The van der Waals surface area contributed by atoms with Crippen molar-refractivity contribution in [2.24, 2.45) is 5.73 Å². The molecule has 0 fully saturated rings. The lowest BCUT2D eigenvalue weighted by Gasteiger charge is -2.44. The zero-order chi connectivity index (χ0) is 13.8. The first-order valence-corrected chi connectivity index (χ1v) is 6.71. The van der Waals surface area contributed by atoms with Crippen LogP contribution in [0.3, 0.4) is 0 Å². The van der Waals surface area contributed by atoms with Crippen LogP contribution in [0.15, 0.2) is 18.5 Å². The number of nitrogen functional groups attached to an aromatic ring is 1. The molecule has 102 valence electrons. The van der Waals surface area contributed by atoms with Crippen LogP contribution >= 0.6 is 0 Å². The van der Waals surface area contributed by atoms with Gasteiger partial charge in [0.25, 0.3) is 0 Å². The predicted molar refractivity (Wildman–Crippen MR) is 77.2 cm³/mol. The van der Waals surface area contributed by atoms with Crippen molar-refractivity contribution in [3.05, 3.63) is 24.0 Å². The monoisotopic (exact) mass is 250 g/mol. The molecule has 1 aromatic heterocycles. The first-order chi connectivity index (χ1) is 8.51. The van der Waals surface area contributed by atoms with Gasteiger partial charge in [0.15, 0.2) is 0 Å². The molecule has 1 heterocycles. The molecule has 1 aromatic rings. The highest BCUT2D eigenvalue weighted by molar-refractivity contribution is 5.47.